The van der Waals surface area contributed by atoms with Gasteiger partial charge in [-0.1, -0.05) is 78.9 Å². The van der Waals surface area contributed by atoms with Crippen LogP contribution in [0.4, 0.5) is 105 Å². The molecule has 0 saturated carbocycles. The number of hydrogen-bond donors (Lipinski definition) is 0. The van der Waals surface area contributed by atoms with Crippen LogP contribution >= 0.6 is 0 Å². The van der Waals surface area contributed by atoms with Gasteiger partial charge in [0.25, 0.3) is 0 Å². The Morgan fingerprint density at radius 3 is 0.923 bits per heavy atom. The highest BCUT2D eigenvalue weighted by Crippen LogP contribution is 2.41. The smallest absolute Gasteiger partial charge is 0.252 e. The highest BCUT2D eigenvalue weighted by atomic mass is 19.4. The van der Waals surface area contributed by atoms with Crippen molar-refractivity contribution in [2.75, 3.05) is 0 Å². The molecule has 0 aliphatic rings. The maximum absolute atomic E-state index is 14.2. The number of aromatic nitrogens is 2. The fraction of sp³-hybridized carbons (Fsp3) is 0.180. The summed E-state index contributed by atoms with van der Waals surface area (Å²) >= 11 is 0. The number of hydrogen-bond acceptors (Lipinski definition) is 2. The zero-order chi connectivity index (χ0) is 58.4. The second-order valence-electron chi connectivity index (χ2n) is 17.0. The van der Waals surface area contributed by atoms with Crippen molar-refractivity contribution in [3.8, 4) is 17.3 Å². The molecule has 78 heavy (non-hydrogen) atoms. The zero-order valence-corrected chi connectivity index (χ0v) is 38.1. The van der Waals surface area contributed by atoms with Crippen LogP contribution in [-0.4, -0.2) is 11.1 Å². The molecule has 0 aliphatic heterocycles. The van der Waals surface area contributed by atoms with E-state index in [-0.39, 0.29) is 0 Å². The summed E-state index contributed by atoms with van der Waals surface area (Å²) in [6.45, 7) is 0.790. The van der Waals surface area contributed by atoms with Crippen molar-refractivity contribution in [1.82, 2.24) is 4.98 Å². The van der Waals surface area contributed by atoms with Crippen LogP contribution in [0, 0.1) is 11.3 Å². The molecule has 0 N–H and O–H groups in total. The largest absolute Gasteiger partial charge is 0.416 e. The molecular formula is C50H26BF24N3. The minimum absolute atomic E-state index is 0.664. The van der Waals surface area contributed by atoms with Gasteiger partial charge in [0.1, 0.15) is 6.15 Å². The molecule has 7 rings (SSSR count). The average molecular weight is 1140 g/mol. The van der Waals surface area contributed by atoms with Crippen molar-refractivity contribution < 1.29 is 110 Å². The summed E-state index contributed by atoms with van der Waals surface area (Å²) in [5.41, 5.74) is -26.2. The van der Waals surface area contributed by atoms with E-state index in [1.165, 1.54) is 5.56 Å². The average Bonchev–Trinajstić information content (AvgIpc) is 3.51. The van der Waals surface area contributed by atoms with E-state index in [0.717, 1.165) is 17.8 Å². The third-order valence-electron chi connectivity index (χ3n) is 11.8. The summed E-state index contributed by atoms with van der Waals surface area (Å²) in [5, 5.41) is 8.88. The second-order valence-corrected chi connectivity index (χ2v) is 17.0. The molecule has 0 radical (unpaired) electrons. The maximum Gasteiger partial charge on any atom is 0.416 e. The normalized spacial score (nSPS) is 13.2. The molecule has 28 heteroatoms. The van der Waals surface area contributed by atoms with Crippen LogP contribution in [0.3, 0.4) is 0 Å². The first kappa shape index (κ1) is 59.5. The lowest BCUT2D eigenvalue weighted by Gasteiger charge is -2.46. The van der Waals surface area contributed by atoms with Gasteiger partial charge in [-0.05, 0) is 48.5 Å². The predicted octanol–water partition coefficient (Wildman–Crippen LogP) is 14.2. The lowest BCUT2D eigenvalue weighted by atomic mass is 9.12. The Morgan fingerprint density at radius 1 is 0.385 bits per heavy atom. The second kappa shape index (κ2) is 20.9. The van der Waals surface area contributed by atoms with Gasteiger partial charge in [-0.2, -0.15) is 137 Å². The Labute approximate surface area is 422 Å². The van der Waals surface area contributed by atoms with E-state index < -0.39 is 195 Å². The molecular weight excluding hydrogens is 1110 g/mol. The fourth-order valence-corrected chi connectivity index (χ4v) is 8.33. The summed E-state index contributed by atoms with van der Waals surface area (Å²) in [6, 6.07) is 11.2. The van der Waals surface area contributed by atoms with Crippen molar-refractivity contribution in [3.63, 3.8) is 0 Å². The number of halogens is 24. The molecule has 0 saturated heterocycles. The van der Waals surface area contributed by atoms with Crippen molar-refractivity contribution >= 4 is 28.0 Å². The first-order valence-electron chi connectivity index (χ1n) is 21.4. The Balaban J connectivity index is 0.000000387. The molecule has 0 spiro atoms. The SMILES string of the molecule is FC(F)(F)c1cc([B-](c2cc(C(F)(F)F)cc(C(F)(F)F)c2)(c2cc(C(F)(F)F)cc(C(F)(F)F)c2)c2cc(C(F)(F)F)cc(C(F)(F)F)c2)cc(C(F)(F)F)c1.N#Cc1ccc(-c2cncc[n+]2Cc2ccccc2)cc1. The van der Waals surface area contributed by atoms with Crippen molar-refractivity contribution in [2.24, 2.45) is 0 Å². The summed E-state index contributed by atoms with van der Waals surface area (Å²) in [5.74, 6) is 0. The molecule has 7 aromatic rings. The highest BCUT2D eigenvalue weighted by Gasteiger charge is 2.47. The molecule has 1 aromatic heterocycles. The quantitative estimate of drug-likeness (QED) is 0.0907. The monoisotopic (exact) mass is 1140 g/mol. The lowest BCUT2D eigenvalue weighted by Crippen LogP contribution is -2.75. The molecule has 0 amide bonds. The third kappa shape index (κ3) is 13.5. The molecule has 6 aromatic carbocycles. The summed E-state index contributed by atoms with van der Waals surface area (Å²) in [7, 11) is 0. The van der Waals surface area contributed by atoms with Crippen LogP contribution in [-0.2, 0) is 56.0 Å². The molecule has 1 heterocycles. The van der Waals surface area contributed by atoms with Gasteiger partial charge in [0.15, 0.2) is 12.7 Å². The van der Waals surface area contributed by atoms with E-state index in [0.29, 0.717) is 5.56 Å². The van der Waals surface area contributed by atoms with Crippen LogP contribution < -0.4 is 26.4 Å². The van der Waals surface area contributed by atoms with E-state index in [1.54, 1.807) is 6.20 Å². The molecule has 0 unspecified atom stereocenters. The van der Waals surface area contributed by atoms with Crippen molar-refractivity contribution in [3.05, 3.63) is 202 Å². The predicted molar refractivity (Wildman–Crippen MR) is 230 cm³/mol. The van der Waals surface area contributed by atoms with E-state index in [9.17, 15) is 105 Å². The first-order chi connectivity index (χ1) is 35.6. The van der Waals surface area contributed by atoms with Crippen molar-refractivity contribution in [2.45, 2.75) is 56.0 Å². The standard InChI is InChI=1S/C32H12BF24.C18H14N3/c34-25(35,36)13-1-14(26(37,38)39)6-21(5-13)33(22-7-15(27(40,41)42)2-16(8-22)28(43,44)45,23-9-17(29(46,47)48)3-18(10-23)30(49,50)51)24-11-19(31(52,53)54)4-20(12-24)32(55,56)57;19-12-15-6-8-17(9-7-15)18-13-20-10-11-21(18)14-16-4-2-1-3-5-16/h1-12H;1-11,13H,14H2/q-1;+1. The maximum atomic E-state index is 14.2. The van der Waals surface area contributed by atoms with E-state index in [2.05, 4.69) is 27.8 Å². The summed E-state index contributed by atoms with van der Waals surface area (Å²) in [4.78, 5) is 4.22. The van der Waals surface area contributed by atoms with Crippen molar-refractivity contribution in [1.29, 1.82) is 5.26 Å². The number of nitriles is 1. The summed E-state index contributed by atoms with van der Waals surface area (Å²) in [6.07, 6.45) is -49.2. The van der Waals surface area contributed by atoms with Gasteiger partial charge < -0.3 is 0 Å². The molecule has 0 atom stereocenters. The Hall–Kier alpha value is -7.73. The third-order valence-corrected chi connectivity index (χ3v) is 11.8. The van der Waals surface area contributed by atoms with Crippen LogP contribution in [0.2, 0.25) is 0 Å². The molecule has 0 bridgehead atoms. The van der Waals surface area contributed by atoms with Crippen LogP contribution in [0.25, 0.3) is 11.3 Å². The van der Waals surface area contributed by atoms with Gasteiger partial charge >= 0.3 is 49.4 Å². The van der Waals surface area contributed by atoms with Crippen LogP contribution in [0.15, 0.2) is 146 Å². The molecule has 3 nitrogen and oxygen atoms in total. The fourth-order valence-electron chi connectivity index (χ4n) is 8.33. The molecule has 0 aliphatic carbocycles. The number of rotatable bonds is 7. The zero-order valence-electron chi connectivity index (χ0n) is 38.1. The minimum Gasteiger partial charge on any atom is -0.252 e. The van der Waals surface area contributed by atoms with Gasteiger partial charge in [-0.25, -0.2) is 0 Å². The van der Waals surface area contributed by atoms with E-state index in [4.69, 9.17) is 5.26 Å². The van der Waals surface area contributed by atoms with Gasteiger partial charge in [0.05, 0.1) is 68.5 Å². The van der Waals surface area contributed by atoms with Gasteiger partial charge in [-0.3, -0.25) is 4.98 Å². The van der Waals surface area contributed by atoms with Crippen LogP contribution in [0.5, 0.6) is 0 Å². The first-order valence-corrected chi connectivity index (χ1v) is 21.4. The minimum atomic E-state index is -6.13. The molecule has 412 valence electrons. The van der Waals surface area contributed by atoms with Gasteiger partial charge in [0.2, 0.25) is 5.69 Å². The van der Waals surface area contributed by atoms with E-state index in [1.807, 2.05) is 54.9 Å². The molecule has 0 fully saturated rings. The lowest BCUT2D eigenvalue weighted by molar-refractivity contribution is -0.678. The topological polar surface area (TPSA) is 40.6 Å². The Kier molecular flexibility index (Phi) is 16.0. The number of benzene rings is 6. The number of alkyl halides is 24. The Bertz CT molecular complexity index is 2880. The van der Waals surface area contributed by atoms with E-state index >= 15 is 0 Å². The summed E-state index contributed by atoms with van der Waals surface area (Å²) < 4.78 is 343. The van der Waals surface area contributed by atoms with Crippen LogP contribution in [0.1, 0.15) is 55.6 Å². The number of nitrogens with zero attached hydrogens (tertiary/aromatic N) is 3. The van der Waals surface area contributed by atoms with Gasteiger partial charge in [-0.15, -0.1) is 0 Å². The van der Waals surface area contributed by atoms with Gasteiger partial charge in [0, 0.05) is 11.1 Å². The Morgan fingerprint density at radius 2 is 0.667 bits per heavy atom. The highest BCUT2D eigenvalue weighted by molar-refractivity contribution is 7.20.